The van der Waals surface area contributed by atoms with Crippen molar-refractivity contribution in [1.82, 2.24) is 14.5 Å². The van der Waals surface area contributed by atoms with Gasteiger partial charge in [0.25, 0.3) is 0 Å². The molecule has 1 aliphatic heterocycles. The molecule has 112 valence electrons. The number of carbonyl (C=O) groups is 1. The van der Waals surface area contributed by atoms with E-state index in [-0.39, 0.29) is 11.6 Å². The number of fused-ring (bicyclic) bond motifs is 1. The van der Waals surface area contributed by atoms with Gasteiger partial charge in [0.2, 0.25) is 5.91 Å². The number of aryl methyl sites for hydroxylation is 2. The first-order chi connectivity index (χ1) is 10.0. The number of aromatic nitrogens is 2. The van der Waals surface area contributed by atoms with Crippen LogP contribution in [0.4, 0.5) is 0 Å². The zero-order valence-corrected chi connectivity index (χ0v) is 12.2. The van der Waals surface area contributed by atoms with E-state index in [1.165, 1.54) is 0 Å². The van der Waals surface area contributed by atoms with Gasteiger partial charge in [-0.05, 0) is 30.9 Å². The molecule has 0 spiro atoms. The summed E-state index contributed by atoms with van der Waals surface area (Å²) in [6, 6.07) is 5.22. The number of amides is 1. The van der Waals surface area contributed by atoms with E-state index in [2.05, 4.69) is 5.32 Å². The normalized spacial score (nSPS) is 22.5. The Balaban J connectivity index is 2.22. The number of imidazole rings is 1. The molecule has 6 heteroatoms. The number of nitrogens with one attached hydrogen (secondary N) is 1. The van der Waals surface area contributed by atoms with Crippen molar-refractivity contribution < 1.29 is 9.90 Å². The first-order valence-corrected chi connectivity index (χ1v) is 7.21. The molecule has 0 radical (unpaired) electrons. The lowest BCUT2D eigenvalue weighted by Gasteiger charge is -2.26. The molecule has 1 fully saturated rings. The van der Waals surface area contributed by atoms with Crippen LogP contribution in [-0.2, 0) is 18.3 Å². The molecular formula is C15H19N3O3. The number of benzene rings is 1. The number of hydrogen-bond donors (Lipinski definition) is 2. The molecule has 2 heterocycles. The predicted molar refractivity (Wildman–Crippen MR) is 79.0 cm³/mol. The summed E-state index contributed by atoms with van der Waals surface area (Å²) in [4.78, 5) is 24.7. The van der Waals surface area contributed by atoms with Crippen LogP contribution < -0.4 is 11.0 Å². The maximum atomic E-state index is 12.6. The minimum atomic E-state index is -0.814. The molecule has 1 amide bonds. The number of para-hydroxylation sites is 1. The maximum Gasteiger partial charge on any atom is 0.329 e. The number of hydrogen-bond acceptors (Lipinski definition) is 3. The number of carbonyl (C=O) groups excluding carboxylic acids is 1. The lowest BCUT2D eigenvalue weighted by Crippen LogP contribution is -2.46. The molecule has 3 rings (SSSR count). The van der Waals surface area contributed by atoms with Crippen LogP contribution in [-0.4, -0.2) is 26.4 Å². The third-order valence-electron chi connectivity index (χ3n) is 4.20. The molecule has 0 aliphatic carbocycles. The molecule has 1 saturated heterocycles. The zero-order chi connectivity index (χ0) is 15.1. The summed E-state index contributed by atoms with van der Waals surface area (Å²) in [5, 5.41) is 12.0. The van der Waals surface area contributed by atoms with Crippen molar-refractivity contribution in [2.24, 2.45) is 7.05 Å². The summed E-state index contributed by atoms with van der Waals surface area (Å²) in [6.07, 6.45) is 0.921. The minimum Gasteiger partial charge on any atom is -0.374 e. The standard InChI is InChI=1S/C15H19N3O3/c1-3-9-5-4-6-10-13(9)17(2)15(21)18(10)11-7-8-12(19)16-14(11)20/h4-6,11-12,19H,3,7-8H2,1-2H3,(H,16,20). The molecule has 2 unspecified atom stereocenters. The molecule has 6 nitrogen and oxygen atoms in total. The monoisotopic (exact) mass is 289 g/mol. The Hall–Kier alpha value is -2.08. The van der Waals surface area contributed by atoms with Crippen molar-refractivity contribution in [3.05, 3.63) is 34.2 Å². The molecular weight excluding hydrogens is 270 g/mol. The highest BCUT2D eigenvalue weighted by Gasteiger charge is 2.31. The first kappa shape index (κ1) is 13.9. The SMILES string of the molecule is CCc1cccc2c1n(C)c(=O)n2C1CCC(O)NC1=O. The molecule has 21 heavy (non-hydrogen) atoms. The van der Waals surface area contributed by atoms with E-state index in [1.54, 1.807) is 16.2 Å². The fraction of sp³-hybridized carbons (Fsp3) is 0.467. The second kappa shape index (κ2) is 5.04. The van der Waals surface area contributed by atoms with Gasteiger partial charge in [0.1, 0.15) is 12.3 Å². The van der Waals surface area contributed by atoms with Crippen molar-refractivity contribution >= 4 is 16.9 Å². The highest BCUT2D eigenvalue weighted by Crippen LogP contribution is 2.25. The Morgan fingerprint density at radius 3 is 2.76 bits per heavy atom. The molecule has 0 bridgehead atoms. The summed E-state index contributed by atoms with van der Waals surface area (Å²) >= 11 is 0. The molecule has 0 saturated carbocycles. The molecule has 2 aromatic rings. The first-order valence-electron chi connectivity index (χ1n) is 7.21. The molecule has 1 aromatic carbocycles. The topological polar surface area (TPSA) is 76.3 Å². The smallest absolute Gasteiger partial charge is 0.329 e. The average molecular weight is 289 g/mol. The molecule has 2 N–H and O–H groups in total. The Bertz CT molecular complexity index is 759. The van der Waals surface area contributed by atoms with E-state index in [1.807, 2.05) is 25.1 Å². The van der Waals surface area contributed by atoms with E-state index >= 15 is 0 Å². The zero-order valence-electron chi connectivity index (χ0n) is 12.2. The lowest BCUT2D eigenvalue weighted by atomic mass is 10.0. The lowest BCUT2D eigenvalue weighted by molar-refractivity contribution is -0.130. The Morgan fingerprint density at radius 2 is 2.10 bits per heavy atom. The van der Waals surface area contributed by atoms with Crippen molar-refractivity contribution in [1.29, 1.82) is 0 Å². The van der Waals surface area contributed by atoms with E-state index in [0.717, 1.165) is 23.0 Å². The number of aliphatic hydroxyl groups is 1. The van der Waals surface area contributed by atoms with Crippen molar-refractivity contribution in [2.45, 2.75) is 38.5 Å². The van der Waals surface area contributed by atoms with Crippen molar-refractivity contribution in [2.75, 3.05) is 0 Å². The molecule has 2 atom stereocenters. The van der Waals surface area contributed by atoms with Crippen molar-refractivity contribution in [3.63, 3.8) is 0 Å². The third-order valence-corrected chi connectivity index (χ3v) is 4.20. The Kier molecular flexibility index (Phi) is 3.33. The van der Waals surface area contributed by atoms with Gasteiger partial charge in [0, 0.05) is 7.05 Å². The summed E-state index contributed by atoms with van der Waals surface area (Å²) < 4.78 is 3.15. The van der Waals surface area contributed by atoms with E-state index < -0.39 is 12.3 Å². The maximum absolute atomic E-state index is 12.6. The highest BCUT2D eigenvalue weighted by atomic mass is 16.3. The van der Waals surface area contributed by atoms with Gasteiger partial charge < -0.3 is 10.4 Å². The summed E-state index contributed by atoms with van der Waals surface area (Å²) in [7, 11) is 1.73. The summed E-state index contributed by atoms with van der Waals surface area (Å²) in [5.41, 5.74) is 2.55. The fourth-order valence-corrected chi connectivity index (χ4v) is 3.13. The van der Waals surface area contributed by atoms with Crippen LogP contribution in [0.25, 0.3) is 11.0 Å². The fourth-order valence-electron chi connectivity index (χ4n) is 3.13. The van der Waals surface area contributed by atoms with Gasteiger partial charge in [-0.25, -0.2) is 4.79 Å². The van der Waals surface area contributed by atoms with Gasteiger partial charge in [0.15, 0.2) is 0 Å². The molecule has 1 aliphatic rings. The summed E-state index contributed by atoms with van der Waals surface area (Å²) in [5.74, 6) is -0.301. The number of nitrogens with zero attached hydrogens (tertiary/aromatic N) is 2. The van der Waals surface area contributed by atoms with Crippen LogP contribution in [0.5, 0.6) is 0 Å². The highest BCUT2D eigenvalue weighted by molar-refractivity contribution is 5.86. The van der Waals surface area contributed by atoms with Gasteiger partial charge in [0.05, 0.1) is 11.0 Å². The van der Waals surface area contributed by atoms with Crippen LogP contribution in [0, 0.1) is 0 Å². The number of piperidine rings is 1. The van der Waals surface area contributed by atoms with E-state index in [9.17, 15) is 14.7 Å². The third kappa shape index (κ3) is 2.06. The van der Waals surface area contributed by atoms with Crippen LogP contribution in [0.2, 0.25) is 0 Å². The number of rotatable bonds is 2. The molecule has 1 aromatic heterocycles. The van der Waals surface area contributed by atoms with Gasteiger partial charge in [-0.3, -0.25) is 13.9 Å². The van der Waals surface area contributed by atoms with Gasteiger partial charge in [-0.2, -0.15) is 0 Å². The number of aliphatic hydroxyl groups excluding tert-OH is 1. The van der Waals surface area contributed by atoms with Crippen LogP contribution >= 0.6 is 0 Å². The quantitative estimate of drug-likeness (QED) is 0.853. The van der Waals surface area contributed by atoms with E-state index in [4.69, 9.17) is 0 Å². The largest absolute Gasteiger partial charge is 0.374 e. The Morgan fingerprint density at radius 1 is 1.33 bits per heavy atom. The van der Waals surface area contributed by atoms with Crippen LogP contribution in [0.3, 0.4) is 0 Å². The van der Waals surface area contributed by atoms with Crippen LogP contribution in [0.15, 0.2) is 23.0 Å². The van der Waals surface area contributed by atoms with Crippen LogP contribution in [0.1, 0.15) is 31.4 Å². The van der Waals surface area contributed by atoms with Gasteiger partial charge >= 0.3 is 5.69 Å². The van der Waals surface area contributed by atoms with Crippen molar-refractivity contribution in [3.8, 4) is 0 Å². The van der Waals surface area contributed by atoms with E-state index in [0.29, 0.717) is 12.8 Å². The minimum absolute atomic E-state index is 0.192. The van der Waals surface area contributed by atoms with Gasteiger partial charge in [-0.15, -0.1) is 0 Å². The summed E-state index contributed by atoms with van der Waals surface area (Å²) in [6.45, 7) is 2.04. The second-order valence-corrected chi connectivity index (χ2v) is 5.47. The van der Waals surface area contributed by atoms with Gasteiger partial charge in [-0.1, -0.05) is 19.1 Å². The average Bonchev–Trinajstić information content (AvgIpc) is 2.72. The second-order valence-electron chi connectivity index (χ2n) is 5.47. The Labute approximate surface area is 122 Å². The predicted octanol–water partition coefficient (Wildman–Crippen LogP) is 0.672.